The maximum atomic E-state index is 14.7. The number of rotatable bonds is 3. The number of alkyl halides is 6. The highest BCUT2D eigenvalue weighted by atomic mass is 19.4. The van der Waals surface area contributed by atoms with Crippen molar-refractivity contribution in [1.29, 1.82) is 5.26 Å². The molecule has 0 saturated carbocycles. The molecule has 0 saturated heterocycles. The Morgan fingerprint density at radius 3 is 1.34 bits per heavy atom. The van der Waals surface area contributed by atoms with Crippen LogP contribution in [-0.4, -0.2) is 9.13 Å². The van der Waals surface area contributed by atoms with Crippen molar-refractivity contribution in [3.8, 4) is 28.6 Å². The number of hydrogen-bond acceptors (Lipinski definition) is 1. The van der Waals surface area contributed by atoms with Gasteiger partial charge in [0, 0.05) is 27.1 Å². The first-order valence-electron chi connectivity index (χ1n) is 15.7. The van der Waals surface area contributed by atoms with Crippen molar-refractivity contribution in [1.82, 2.24) is 9.13 Å². The van der Waals surface area contributed by atoms with Crippen molar-refractivity contribution in [2.75, 3.05) is 0 Å². The number of para-hydroxylation sites is 2. The zero-order valence-electron chi connectivity index (χ0n) is 26.6. The third-order valence-corrected chi connectivity index (χ3v) is 9.31. The number of nitriles is 1. The average molecular weight is 674 g/mol. The molecule has 0 unspecified atom stereocenters. The molecule has 0 bridgehead atoms. The predicted molar refractivity (Wildman–Crippen MR) is 185 cm³/mol. The first-order chi connectivity index (χ1) is 23.9. The molecular weight excluding hydrogens is 648 g/mol. The van der Waals surface area contributed by atoms with Crippen LogP contribution < -0.4 is 0 Å². The third kappa shape index (κ3) is 4.74. The largest absolute Gasteiger partial charge is 0.417 e. The van der Waals surface area contributed by atoms with E-state index < -0.39 is 29.0 Å². The Morgan fingerprint density at radius 1 is 0.500 bits per heavy atom. The summed E-state index contributed by atoms with van der Waals surface area (Å²) in [7, 11) is 0. The Morgan fingerprint density at radius 2 is 0.920 bits per heavy atom. The summed E-state index contributed by atoms with van der Waals surface area (Å²) in [6.45, 7) is 3.86. The zero-order valence-corrected chi connectivity index (χ0v) is 26.6. The normalized spacial score (nSPS) is 12.4. The molecule has 8 aromatic rings. The lowest BCUT2D eigenvalue weighted by Gasteiger charge is -2.22. The molecule has 0 aliphatic carbocycles. The smallest absolute Gasteiger partial charge is 0.308 e. The Balaban J connectivity index is 1.61. The van der Waals surface area contributed by atoms with Crippen LogP contribution in [0.4, 0.5) is 26.3 Å². The van der Waals surface area contributed by atoms with Crippen LogP contribution in [-0.2, 0) is 12.4 Å². The van der Waals surface area contributed by atoms with Gasteiger partial charge in [0.15, 0.2) is 0 Å². The van der Waals surface area contributed by atoms with E-state index in [1.165, 1.54) is 12.1 Å². The van der Waals surface area contributed by atoms with Crippen LogP contribution in [0, 0.1) is 25.2 Å². The zero-order chi connectivity index (χ0) is 35.1. The van der Waals surface area contributed by atoms with Crippen LogP contribution in [0.2, 0.25) is 0 Å². The standard InChI is InChI=1S/C41H25F6N3/c1-23-14-16-35-28(18-23)26-8-3-5-12-33(26)49(35)37-20-25(39-31(40(42,43)44)10-7-11-32(39)41(45,46)47)21-38(30(37)22-48)50-34-13-6-4-9-27(34)29-19-24(2)15-17-36(29)50/h3-21H,1-2H3. The molecule has 246 valence electrons. The molecule has 0 fully saturated rings. The topological polar surface area (TPSA) is 33.6 Å². The summed E-state index contributed by atoms with van der Waals surface area (Å²) in [6.07, 6.45) is -10.2. The van der Waals surface area contributed by atoms with E-state index in [1.54, 1.807) is 21.3 Å². The summed E-state index contributed by atoms with van der Waals surface area (Å²) < 4.78 is 91.6. The summed E-state index contributed by atoms with van der Waals surface area (Å²) in [5.41, 5.74) is 0.705. The molecule has 2 aromatic heterocycles. The van der Waals surface area contributed by atoms with E-state index in [4.69, 9.17) is 0 Å². The second-order valence-electron chi connectivity index (χ2n) is 12.5. The van der Waals surface area contributed by atoms with E-state index in [0.717, 1.165) is 38.7 Å². The fourth-order valence-corrected chi connectivity index (χ4v) is 7.25. The molecular formula is C41H25F6N3. The number of aromatic nitrogens is 2. The molecule has 8 rings (SSSR count). The minimum atomic E-state index is -5.11. The summed E-state index contributed by atoms with van der Waals surface area (Å²) in [4.78, 5) is 0. The SMILES string of the molecule is Cc1ccc2c(c1)c1ccccc1n2-c1cc(-c2c(C(F)(F)F)cccc2C(F)(F)F)cc(-n2c3ccccc3c3cc(C)ccc32)c1C#N. The number of halogens is 6. The molecule has 0 aliphatic heterocycles. The molecule has 9 heteroatoms. The second kappa shape index (κ2) is 11.0. The average Bonchev–Trinajstić information content (AvgIpc) is 3.58. The van der Waals surface area contributed by atoms with Gasteiger partial charge in [-0.05, 0) is 80.1 Å². The van der Waals surface area contributed by atoms with E-state index in [-0.39, 0.29) is 22.5 Å². The van der Waals surface area contributed by atoms with Gasteiger partial charge in [0.05, 0.1) is 44.6 Å². The molecule has 0 spiro atoms. The number of benzene rings is 6. The summed E-state index contributed by atoms with van der Waals surface area (Å²) in [5, 5.41) is 14.3. The van der Waals surface area contributed by atoms with E-state index in [2.05, 4.69) is 6.07 Å². The number of hydrogen-bond donors (Lipinski definition) is 0. The van der Waals surface area contributed by atoms with Crippen molar-refractivity contribution >= 4 is 43.6 Å². The Kier molecular flexibility index (Phi) is 6.88. The van der Waals surface area contributed by atoms with Crippen LogP contribution >= 0.6 is 0 Å². The molecule has 6 aromatic carbocycles. The monoisotopic (exact) mass is 673 g/mol. The highest BCUT2D eigenvalue weighted by molar-refractivity contribution is 6.11. The van der Waals surface area contributed by atoms with Crippen LogP contribution in [0.15, 0.2) is 115 Å². The van der Waals surface area contributed by atoms with Gasteiger partial charge in [-0.1, -0.05) is 65.7 Å². The van der Waals surface area contributed by atoms with Crippen molar-refractivity contribution < 1.29 is 26.3 Å². The van der Waals surface area contributed by atoms with E-state index in [1.807, 2.05) is 86.6 Å². The molecule has 2 heterocycles. The molecule has 0 aliphatic rings. The Labute approximate surface area is 281 Å². The van der Waals surface area contributed by atoms with Gasteiger partial charge in [0.25, 0.3) is 0 Å². The lowest BCUT2D eigenvalue weighted by atomic mass is 9.91. The second-order valence-corrected chi connectivity index (χ2v) is 12.5. The first kappa shape index (κ1) is 31.3. The van der Waals surface area contributed by atoms with Crippen LogP contribution in [0.3, 0.4) is 0 Å². The summed E-state index contributed by atoms with van der Waals surface area (Å²) in [5.74, 6) is 0. The van der Waals surface area contributed by atoms with Gasteiger partial charge in [-0.3, -0.25) is 0 Å². The minimum Gasteiger partial charge on any atom is -0.308 e. The highest BCUT2D eigenvalue weighted by Gasteiger charge is 2.41. The fourth-order valence-electron chi connectivity index (χ4n) is 7.25. The maximum absolute atomic E-state index is 14.7. The number of nitrogens with zero attached hydrogens (tertiary/aromatic N) is 3. The van der Waals surface area contributed by atoms with Crippen molar-refractivity contribution in [3.63, 3.8) is 0 Å². The van der Waals surface area contributed by atoms with Gasteiger partial charge < -0.3 is 9.13 Å². The number of fused-ring (bicyclic) bond motifs is 6. The Hall–Kier alpha value is -6.01. The van der Waals surface area contributed by atoms with Gasteiger partial charge in [-0.25, -0.2) is 0 Å². The van der Waals surface area contributed by atoms with E-state index in [0.29, 0.717) is 34.2 Å². The molecule has 0 atom stereocenters. The van der Waals surface area contributed by atoms with Crippen molar-refractivity contribution in [2.24, 2.45) is 0 Å². The van der Waals surface area contributed by atoms with Crippen molar-refractivity contribution in [3.05, 3.63) is 143 Å². The summed E-state index contributed by atoms with van der Waals surface area (Å²) in [6, 6.07) is 33.2. The van der Waals surface area contributed by atoms with E-state index in [9.17, 15) is 31.6 Å². The molecule has 0 radical (unpaired) electrons. The molecule has 50 heavy (non-hydrogen) atoms. The summed E-state index contributed by atoms with van der Waals surface area (Å²) >= 11 is 0. The maximum Gasteiger partial charge on any atom is 0.417 e. The lowest BCUT2D eigenvalue weighted by Crippen LogP contribution is -2.15. The quantitative estimate of drug-likeness (QED) is 0.172. The van der Waals surface area contributed by atoms with Gasteiger partial charge in [0.1, 0.15) is 11.6 Å². The highest BCUT2D eigenvalue weighted by Crippen LogP contribution is 2.47. The van der Waals surface area contributed by atoms with E-state index >= 15 is 0 Å². The first-order valence-corrected chi connectivity index (χ1v) is 15.7. The van der Waals surface area contributed by atoms with Gasteiger partial charge >= 0.3 is 12.4 Å². The van der Waals surface area contributed by atoms with Gasteiger partial charge in [0.2, 0.25) is 0 Å². The lowest BCUT2D eigenvalue weighted by molar-refractivity contribution is -0.142. The van der Waals surface area contributed by atoms with Crippen LogP contribution in [0.25, 0.3) is 66.1 Å². The number of aryl methyl sites for hydroxylation is 2. The van der Waals surface area contributed by atoms with Gasteiger partial charge in [-0.15, -0.1) is 0 Å². The van der Waals surface area contributed by atoms with Crippen LogP contribution in [0.5, 0.6) is 0 Å². The Bertz CT molecular complexity index is 2550. The van der Waals surface area contributed by atoms with Crippen molar-refractivity contribution in [2.45, 2.75) is 26.2 Å². The predicted octanol–water partition coefficient (Wildman–Crippen LogP) is 12.1. The third-order valence-electron chi connectivity index (χ3n) is 9.31. The molecule has 0 N–H and O–H groups in total. The van der Waals surface area contributed by atoms with Crippen LogP contribution in [0.1, 0.15) is 27.8 Å². The minimum absolute atomic E-state index is 0.0817. The molecule has 0 amide bonds. The fraction of sp³-hybridized carbons (Fsp3) is 0.0976. The molecule has 3 nitrogen and oxygen atoms in total. The van der Waals surface area contributed by atoms with Gasteiger partial charge in [-0.2, -0.15) is 31.6 Å².